The zero-order valence-corrected chi connectivity index (χ0v) is 41.2. The summed E-state index contributed by atoms with van der Waals surface area (Å²) in [6.07, 6.45) is 6.62. The largest absolute Gasteiger partial charge is 0.491 e. The highest BCUT2D eigenvalue weighted by Gasteiger charge is 2.40. The van der Waals surface area contributed by atoms with Crippen LogP contribution < -0.4 is 20.7 Å². The first-order chi connectivity index (χ1) is 34.0. The standard InChI is InChI=1S/C54H62N8O7S/c1-35(57-4)51(64)60-49(41-10-6-5-7-11-41)54(66)61-24-9-14-47(61)53-59-46(34-70-53)50(63)43-12-8-13-44(30-43)69-29-28-68-27-26-67-25-23-58-52(65)42-21-17-39(18-22-42)33-62-36(2)45(32-56)48(37(62)3)40-19-15-38(31-55)16-20-40/h8,12-13,15-22,30,34-35,41,47,49,57H,5-7,9-11,14,23-29,33H2,1-4H3,(H,58,65)(H,60,64). The topological polar surface area (TPSA) is 201 Å². The lowest BCUT2D eigenvalue weighted by molar-refractivity contribution is -0.139. The molecule has 366 valence electrons. The third-order valence-electron chi connectivity index (χ3n) is 13.3. The predicted molar refractivity (Wildman–Crippen MR) is 266 cm³/mol. The van der Waals surface area contributed by atoms with E-state index in [0.29, 0.717) is 79.8 Å². The lowest BCUT2D eigenvalue weighted by Crippen LogP contribution is -2.55. The zero-order valence-electron chi connectivity index (χ0n) is 40.4. The Morgan fingerprint density at radius 1 is 0.843 bits per heavy atom. The summed E-state index contributed by atoms with van der Waals surface area (Å²) < 4.78 is 19.3. The molecule has 3 unspecified atom stereocenters. The molecule has 3 aromatic carbocycles. The van der Waals surface area contributed by atoms with E-state index in [1.54, 1.807) is 67.9 Å². The number of carbonyl (C=O) groups is 4. The SMILES string of the molecule is CNC(C)C(=O)NC(C(=O)N1CCCC1c1nc(C(=O)c2cccc(OCCOCCOCCNC(=O)c3ccc(Cn4c(C)c(C#N)c(-c5ccc(C#N)cc5)c4C)cc3)c2)cs1)C1CCCCC1. The number of hydrogen-bond donors (Lipinski definition) is 3. The minimum atomic E-state index is -0.589. The van der Waals surface area contributed by atoms with E-state index in [2.05, 4.69) is 32.7 Å². The van der Waals surface area contributed by atoms with Gasteiger partial charge in [0, 0.05) is 53.1 Å². The van der Waals surface area contributed by atoms with E-state index in [4.69, 9.17) is 19.2 Å². The molecule has 1 saturated carbocycles. The molecule has 1 aliphatic heterocycles. The molecule has 3 amide bonds. The molecule has 0 bridgehead atoms. The van der Waals surface area contributed by atoms with E-state index in [9.17, 15) is 29.7 Å². The van der Waals surface area contributed by atoms with Crippen LogP contribution in [-0.2, 0) is 25.6 Å². The molecule has 2 aromatic heterocycles. The molecule has 0 radical (unpaired) electrons. The molecule has 7 rings (SSSR count). The van der Waals surface area contributed by atoms with Crippen molar-refractivity contribution in [3.05, 3.63) is 128 Å². The van der Waals surface area contributed by atoms with Crippen molar-refractivity contribution in [1.29, 1.82) is 10.5 Å². The van der Waals surface area contributed by atoms with Crippen molar-refractivity contribution in [3.63, 3.8) is 0 Å². The van der Waals surface area contributed by atoms with Gasteiger partial charge in [0.2, 0.25) is 17.6 Å². The number of thiazole rings is 1. The van der Waals surface area contributed by atoms with Crippen molar-refractivity contribution in [1.82, 2.24) is 30.4 Å². The monoisotopic (exact) mass is 966 g/mol. The fourth-order valence-electron chi connectivity index (χ4n) is 9.29. The van der Waals surface area contributed by atoms with Gasteiger partial charge < -0.3 is 39.6 Å². The van der Waals surface area contributed by atoms with Crippen LogP contribution in [0.25, 0.3) is 11.1 Å². The number of nitriles is 2. The Labute approximate surface area is 414 Å². The number of ketones is 1. The van der Waals surface area contributed by atoms with Crippen molar-refractivity contribution in [2.45, 2.75) is 90.4 Å². The number of nitrogens with zero attached hydrogens (tertiary/aromatic N) is 5. The number of carbonyl (C=O) groups excluding carboxylic acids is 4. The van der Waals surface area contributed by atoms with E-state index in [0.717, 1.165) is 78.0 Å². The van der Waals surface area contributed by atoms with Gasteiger partial charge in [-0.2, -0.15) is 10.5 Å². The van der Waals surface area contributed by atoms with Gasteiger partial charge in [-0.05, 0) is 107 Å². The highest BCUT2D eigenvalue weighted by atomic mass is 32.1. The van der Waals surface area contributed by atoms with Gasteiger partial charge in [0.25, 0.3) is 5.91 Å². The number of aromatic nitrogens is 2. The average Bonchev–Trinajstić information content (AvgIpc) is 4.14. The van der Waals surface area contributed by atoms with Crippen LogP contribution in [0.15, 0.2) is 78.2 Å². The maximum Gasteiger partial charge on any atom is 0.251 e. The Balaban J connectivity index is 0.801. The first-order valence-corrected chi connectivity index (χ1v) is 25.0. The number of rotatable bonds is 22. The molecule has 15 nitrogen and oxygen atoms in total. The molecule has 0 spiro atoms. The second-order valence-corrected chi connectivity index (χ2v) is 18.7. The summed E-state index contributed by atoms with van der Waals surface area (Å²) in [5.74, 6) is -0.0763. The van der Waals surface area contributed by atoms with E-state index in [1.165, 1.54) is 11.3 Å². The Hall–Kier alpha value is -6.69. The first kappa shape index (κ1) is 51.2. The number of likely N-dealkylation sites (N-methyl/N-ethyl adjacent to an activating group) is 1. The van der Waals surface area contributed by atoms with E-state index >= 15 is 0 Å². The fourth-order valence-corrected chi connectivity index (χ4v) is 10.2. The molecule has 70 heavy (non-hydrogen) atoms. The van der Waals surface area contributed by atoms with Gasteiger partial charge >= 0.3 is 0 Å². The predicted octanol–water partition coefficient (Wildman–Crippen LogP) is 7.43. The number of hydrogen-bond acceptors (Lipinski definition) is 12. The number of nitrogens with one attached hydrogen (secondary N) is 3. The van der Waals surface area contributed by atoms with Crippen LogP contribution in [0.3, 0.4) is 0 Å². The normalized spacial score (nSPS) is 15.7. The number of amides is 3. The fraction of sp³-hybridized carbons (Fsp3) is 0.426. The molecule has 5 aromatic rings. The second kappa shape index (κ2) is 24.7. The van der Waals surface area contributed by atoms with Crippen molar-refractivity contribution < 1.29 is 33.4 Å². The van der Waals surface area contributed by atoms with Crippen LogP contribution in [0.2, 0.25) is 0 Å². The maximum absolute atomic E-state index is 14.2. The molecule has 3 N–H and O–H groups in total. The van der Waals surface area contributed by atoms with Gasteiger partial charge in [0.1, 0.15) is 35.2 Å². The third-order valence-corrected chi connectivity index (χ3v) is 14.3. The third kappa shape index (κ3) is 12.5. The minimum Gasteiger partial charge on any atom is -0.491 e. The maximum atomic E-state index is 14.2. The van der Waals surface area contributed by atoms with Crippen molar-refractivity contribution >= 4 is 34.8 Å². The lowest BCUT2D eigenvalue weighted by atomic mass is 9.83. The second-order valence-electron chi connectivity index (χ2n) is 17.8. The first-order valence-electron chi connectivity index (χ1n) is 24.1. The summed E-state index contributed by atoms with van der Waals surface area (Å²) >= 11 is 1.38. The summed E-state index contributed by atoms with van der Waals surface area (Å²) in [6.45, 7) is 8.70. The van der Waals surface area contributed by atoms with Crippen molar-refractivity contribution in [2.24, 2.45) is 5.92 Å². The summed E-state index contributed by atoms with van der Waals surface area (Å²) in [4.78, 5) is 60.3. The van der Waals surface area contributed by atoms with Crippen molar-refractivity contribution in [2.75, 3.05) is 53.2 Å². The van der Waals surface area contributed by atoms with Gasteiger partial charge in [0.15, 0.2) is 0 Å². The molecule has 16 heteroatoms. The average molecular weight is 967 g/mol. The highest BCUT2D eigenvalue weighted by Crippen LogP contribution is 2.37. The van der Waals surface area contributed by atoms with Crippen LogP contribution in [-0.4, -0.2) is 103 Å². The molecule has 3 atom stereocenters. The van der Waals surface area contributed by atoms with Crippen LogP contribution in [0.4, 0.5) is 0 Å². The van der Waals surface area contributed by atoms with E-state index in [-0.39, 0.29) is 42.1 Å². The number of ether oxygens (including phenoxy) is 3. The van der Waals surface area contributed by atoms with Crippen LogP contribution >= 0.6 is 11.3 Å². The van der Waals surface area contributed by atoms with Gasteiger partial charge in [0.05, 0.1) is 55.7 Å². The number of likely N-dealkylation sites (tertiary alicyclic amines) is 1. The van der Waals surface area contributed by atoms with Gasteiger partial charge in [-0.3, -0.25) is 19.2 Å². The Morgan fingerprint density at radius 3 is 2.29 bits per heavy atom. The number of benzene rings is 3. The van der Waals surface area contributed by atoms with Crippen LogP contribution in [0.1, 0.15) is 117 Å². The molecular weight excluding hydrogens is 905 g/mol. The van der Waals surface area contributed by atoms with Gasteiger partial charge in [-0.1, -0.05) is 55.7 Å². The van der Waals surface area contributed by atoms with Crippen molar-refractivity contribution in [3.8, 4) is 29.0 Å². The zero-order chi connectivity index (χ0) is 49.6. The Morgan fingerprint density at radius 2 is 1.57 bits per heavy atom. The highest BCUT2D eigenvalue weighted by molar-refractivity contribution is 7.10. The van der Waals surface area contributed by atoms with E-state index < -0.39 is 12.1 Å². The molecule has 2 aliphatic rings. The molecule has 1 aliphatic carbocycles. The molecular formula is C54H62N8O7S. The summed E-state index contributed by atoms with van der Waals surface area (Å²) in [5.41, 5.74) is 6.97. The summed E-state index contributed by atoms with van der Waals surface area (Å²) in [6, 6.07) is 24.8. The van der Waals surface area contributed by atoms with Gasteiger partial charge in [-0.15, -0.1) is 11.3 Å². The van der Waals surface area contributed by atoms with Gasteiger partial charge in [-0.25, -0.2) is 4.98 Å². The molecule has 3 heterocycles. The Bertz CT molecular complexity index is 2700. The molecule has 2 fully saturated rings. The van der Waals surface area contributed by atoms with Crippen LogP contribution in [0, 0.1) is 42.4 Å². The smallest absolute Gasteiger partial charge is 0.251 e. The molecule has 1 saturated heterocycles. The lowest BCUT2D eigenvalue weighted by Gasteiger charge is -2.35. The van der Waals surface area contributed by atoms with Crippen LogP contribution in [0.5, 0.6) is 5.75 Å². The summed E-state index contributed by atoms with van der Waals surface area (Å²) in [7, 11) is 1.73. The quantitative estimate of drug-likeness (QED) is 0.0460. The Kier molecular flexibility index (Phi) is 18.1. The van der Waals surface area contributed by atoms with E-state index in [1.807, 2.05) is 43.0 Å². The summed E-state index contributed by atoms with van der Waals surface area (Å²) in [5, 5.41) is 30.6. The minimum absolute atomic E-state index is 0.0671.